The topological polar surface area (TPSA) is 62.0 Å². The van der Waals surface area contributed by atoms with Crippen molar-refractivity contribution in [1.82, 2.24) is 10.3 Å². The third-order valence-corrected chi connectivity index (χ3v) is 4.49. The Morgan fingerprint density at radius 1 is 1.04 bits per heavy atom. The molecule has 0 aliphatic carbocycles. The highest BCUT2D eigenvalue weighted by molar-refractivity contribution is 5.81. The van der Waals surface area contributed by atoms with E-state index in [9.17, 15) is 9.59 Å². The summed E-state index contributed by atoms with van der Waals surface area (Å²) in [5.41, 5.74) is 4.76. The van der Waals surface area contributed by atoms with E-state index in [-0.39, 0.29) is 11.5 Å². The number of benzene rings is 2. The van der Waals surface area contributed by atoms with Gasteiger partial charge in [0, 0.05) is 24.0 Å². The molecule has 0 atom stereocenters. The molecule has 1 amide bonds. The molecule has 0 aliphatic rings. The Kier molecular flexibility index (Phi) is 4.98. The maximum atomic E-state index is 12.2. The van der Waals surface area contributed by atoms with Crippen LogP contribution in [0.5, 0.6) is 0 Å². The number of H-pyrrole nitrogens is 1. The molecule has 2 N–H and O–H groups in total. The second-order valence-electron chi connectivity index (χ2n) is 6.41. The van der Waals surface area contributed by atoms with Crippen molar-refractivity contribution in [2.24, 2.45) is 0 Å². The number of aromatic nitrogens is 1. The molecule has 2 aromatic carbocycles. The van der Waals surface area contributed by atoms with Crippen molar-refractivity contribution in [3.8, 4) is 0 Å². The molecule has 128 valence electrons. The van der Waals surface area contributed by atoms with Crippen LogP contribution in [-0.2, 0) is 17.8 Å². The van der Waals surface area contributed by atoms with Gasteiger partial charge in [0.1, 0.15) is 0 Å². The average Bonchev–Trinajstić information content (AvgIpc) is 2.61. The number of amides is 1. The molecule has 0 aliphatic heterocycles. The van der Waals surface area contributed by atoms with Crippen molar-refractivity contribution in [2.45, 2.75) is 33.2 Å². The van der Waals surface area contributed by atoms with E-state index in [4.69, 9.17) is 0 Å². The lowest BCUT2D eigenvalue weighted by molar-refractivity contribution is -0.121. The summed E-state index contributed by atoms with van der Waals surface area (Å²) in [6.07, 6.45) is 0.727. The van der Waals surface area contributed by atoms with E-state index >= 15 is 0 Å². The van der Waals surface area contributed by atoms with Crippen LogP contribution in [0.4, 0.5) is 0 Å². The number of nitrogens with one attached hydrogen (secondary N) is 2. The molecular weight excluding hydrogens is 312 g/mol. The quantitative estimate of drug-likeness (QED) is 0.751. The van der Waals surface area contributed by atoms with Crippen molar-refractivity contribution in [3.63, 3.8) is 0 Å². The van der Waals surface area contributed by atoms with Crippen LogP contribution in [0, 0.1) is 13.8 Å². The molecule has 0 bridgehead atoms. The van der Waals surface area contributed by atoms with E-state index < -0.39 is 0 Å². The summed E-state index contributed by atoms with van der Waals surface area (Å²) < 4.78 is 0. The molecule has 0 radical (unpaired) electrons. The van der Waals surface area contributed by atoms with Gasteiger partial charge in [-0.25, -0.2) is 0 Å². The second-order valence-corrected chi connectivity index (χ2v) is 6.41. The van der Waals surface area contributed by atoms with E-state index in [1.165, 1.54) is 5.56 Å². The van der Waals surface area contributed by atoms with Crippen molar-refractivity contribution < 1.29 is 4.79 Å². The van der Waals surface area contributed by atoms with Gasteiger partial charge in [-0.05, 0) is 60.5 Å². The fourth-order valence-corrected chi connectivity index (χ4v) is 2.84. The number of carbonyl (C=O) groups is 1. The normalized spacial score (nSPS) is 10.8. The predicted molar refractivity (Wildman–Crippen MR) is 101 cm³/mol. The molecule has 3 aromatic rings. The number of aromatic amines is 1. The minimum absolute atomic E-state index is 0.0524. The lowest BCUT2D eigenvalue weighted by Crippen LogP contribution is -2.24. The molecule has 25 heavy (non-hydrogen) atoms. The molecule has 0 saturated carbocycles. The van der Waals surface area contributed by atoms with Crippen LogP contribution in [0.25, 0.3) is 10.9 Å². The third kappa shape index (κ3) is 4.15. The largest absolute Gasteiger partial charge is 0.352 e. The van der Waals surface area contributed by atoms with Crippen LogP contribution < -0.4 is 10.9 Å². The first-order valence-electron chi connectivity index (χ1n) is 8.47. The Hall–Kier alpha value is -2.88. The van der Waals surface area contributed by atoms with E-state index in [1.807, 2.05) is 49.4 Å². The van der Waals surface area contributed by atoms with Gasteiger partial charge >= 0.3 is 0 Å². The Bertz CT molecular complexity index is 959. The molecule has 1 heterocycles. The van der Waals surface area contributed by atoms with Gasteiger partial charge in [-0.15, -0.1) is 0 Å². The number of hydrogen-bond acceptors (Lipinski definition) is 2. The van der Waals surface area contributed by atoms with Crippen LogP contribution in [0.15, 0.2) is 53.3 Å². The third-order valence-electron chi connectivity index (χ3n) is 4.49. The van der Waals surface area contributed by atoms with Gasteiger partial charge in [-0.3, -0.25) is 9.59 Å². The maximum absolute atomic E-state index is 12.2. The first-order valence-corrected chi connectivity index (χ1v) is 8.47. The van der Waals surface area contributed by atoms with Gasteiger partial charge < -0.3 is 10.3 Å². The zero-order chi connectivity index (χ0) is 17.8. The standard InChI is InChI=1S/C21H22N2O2/c1-14-10-18-12-17(21(25)23-19(18)11-15(14)2)8-9-20(24)22-13-16-6-4-3-5-7-16/h3-7,10-12H,8-9,13H2,1-2H3,(H,22,24)(H,23,25). The zero-order valence-electron chi connectivity index (χ0n) is 14.6. The van der Waals surface area contributed by atoms with E-state index in [1.54, 1.807) is 0 Å². The Labute approximate surface area is 146 Å². The summed E-state index contributed by atoms with van der Waals surface area (Å²) in [5.74, 6) is -0.0524. The first kappa shape index (κ1) is 17.0. The van der Waals surface area contributed by atoms with Crippen LogP contribution in [0.3, 0.4) is 0 Å². The van der Waals surface area contributed by atoms with Gasteiger partial charge in [-0.2, -0.15) is 0 Å². The molecule has 0 fully saturated rings. The van der Waals surface area contributed by atoms with Crippen LogP contribution in [-0.4, -0.2) is 10.9 Å². The monoisotopic (exact) mass is 334 g/mol. The zero-order valence-corrected chi connectivity index (χ0v) is 14.6. The highest BCUT2D eigenvalue weighted by Crippen LogP contribution is 2.17. The minimum atomic E-state index is -0.119. The van der Waals surface area contributed by atoms with Crippen molar-refractivity contribution in [3.05, 3.63) is 81.1 Å². The number of rotatable bonds is 5. The lowest BCUT2D eigenvalue weighted by atomic mass is 10.0. The summed E-state index contributed by atoms with van der Waals surface area (Å²) in [6, 6.07) is 15.7. The highest BCUT2D eigenvalue weighted by atomic mass is 16.1. The Morgan fingerprint density at radius 2 is 1.76 bits per heavy atom. The van der Waals surface area contributed by atoms with Crippen molar-refractivity contribution >= 4 is 16.8 Å². The van der Waals surface area contributed by atoms with Gasteiger partial charge in [-0.1, -0.05) is 30.3 Å². The van der Waals surface area contributed by atoms with Crippen LogP contribution in [0.2, 0.25) is 0 Å². The summed E-state index contributed by atoms with van der Waals surface area (Å²) in [5, 5.41) is 3.89. The first-order chi connectivity index (χ1) is 12.0. The van der Waals surface area contributed by atoms with Gasteiger partial charge in [0.15, 0.2) is 0 Å². The van der Waals surface area contributed by atoms with Crippen LogP contribution >= 0.6 is 0 Å². The fraction of sp³-hybridized carbons (Fsp3) is 0.238. The predicted octanol–water partition coefficient (Wildman–Crippen LogP) is 3.39. The summed E-state index contributed by atoms with van der Waals surface area (Å²) in [6.45, 7) is 4.58. The lowest BCUT2D eigenvalue weighted by Gasteiger charge is -2.07. The molecule has 1 aromatic heterocycles. The average molecular weight is 334 g/mol. The fourth-order valence-electron chi connectivity index (χ4n) is 2.84. The minimum Gasteiger partial charge on any atom is -0.352 e. The molecule has 0 spiro atoms. The van der Waals surface area contributed by atoms with Crippen LogP contribution in [0.1, 0.15) is 28.7 Å². The highest BCUT2D eigenvalue weighted by Gasteiger charge is 2.08. The summed E-state index contributed by atoms with van der Waals surface area (Å²) in [4.78, 5) is 27.2. The van der Waals surface area contributed by atoms with Gasteiger partial charge in [0.05, 0.1) is 0 Å². The van der Waals surface area contributed by atoms with Crippen molar-refractivity contribution in [2.75, 3.05) is 0 Å². The molecule has 0 unspecified atom stereocenters. The molecule has 3 rings (SSSR count). The summed E-state index contributed by atoms with van der Waals surface area (Å²) in [7, 11) is 0. The molecular formula is C21H22N2O2. The number of hydrogen-bond donors (Lipinski definition) is 2. The Morgan fingerprint density at radius 3 is 2.52 bits per heavy atom. The molecule has 4 heteroatoms. The number of fused-ring (bicyclic) bond motifs is 1. The Balaban J connectivity index is 1.66. The number of pyridine rings is 1. The second kappa shape index (κ2) is 7.34. The maximum Gasteiger partial charge on any atom is 0.251 e. The van der Waals surface area contributed by atoms with E-state index in [0.717, 1.165) is 22.0 Å². The smallest absolute Gasteiger partial charge is 0.251 e. The van der Waals surface area contributed by atoms with Gasteiger partial charge in [0.25, 0.3) is 5.56 Å². The number of aryl methyl sites for hydroxylation is 3. The van der Waals surface area contributed by atoms with Gasteiger partial charge in [0.2, 0.25) is 5.91 Å². The van der Waals surface area contributed by atoms with Crippen molar-refractivity contribution in [1.29, 1.82) is 0 Å². The molecule has 4 nitrogen and oxygen atoms in total. The van der Waals surface area contributed by atoms with E-state index in [0.29, 0.717) is 24.9 Å². The number of carbonyl (C=O) groups excluding carboxylic acids is 1. The SMILES string of the molecule is Cc1cc2cc(CCC(=O)NCc3ccccc3)c(=O)[nH]c2cc1C. The molecule has 0 saturated heterocycles. The summed E-state index contributed by atoms with van der Waals surface area (Å²) >= 11 is 0. The van der Waals surface area contributed by atoms with E-state index in [2.05, 4.69) is 23.3 Å².